The highest BCUT2D eigenvalue weighted by molar-refractivity contribution is 5.75. The zero-order valence-corrected chi connectivity index (χ0v) is 12.1. The topological polar surface area (TPSA) is 72.5 Å². The lowest BCUT2D eigenvalue weighted by Gasteiger charge is -2.69. The molecule has 22 heavy (non-hydrogen) atoms. The molecule has 4 rings (SSSR count). The van der Waals surface area contributed by atoms with Crippen LogP contribution in [-0.4, -0.2) is 35.9 Å². The molecule has 2 amide bonds. The van der Waals surface area contributed by atoms with Gasteiger partial charge in [-0.25, -0.2) is 9.78 Å². The number of alkyl halides is 2. The Morgan fingerprint density at radius 2 is 2.18 bits per heavy atom. The maximum atomic E-state index is 12.1. The Labute approximate surface area is 126 Å². The fourth-order valence-corrected chi connectivity index (χ4v) is 3.23. The van der Waals surface area contributed by atoms with Crippen molar-refractivity contribution in [2.75, 3.05) is 7.11 Å². The minimum atomic E-state index is -2.92. The predicted molar refractivity (Wildman–Crippen MR) is 72.6 cm³/mol. The van der Waals surface area contributed by atoms with E-state index in [4.69, 9.17) is 4.74 Å². The highest BCUT2D eigenvalue weighted by atomic mass is 19.3. The molecule has 2 bridgehead atoms. The molecule has 3 aliphatic carbocycles. The van der Waals surface area contributed by atoms with E-state index in [-0.39, 0.29) is 29.6 Å². The number of urea groups is 1. The van der Waals surface area contributed by atoms with Gasteiger partial charge in [-0.2, -0.15) is 8.78 Å². The number of amides is 2. The molecule has 6 nitrogen and oxygen atoms in total. The van der Waals surface area contributed by atoms with Crippen molar-refractivity contribution in [3.8, 4) is 5.88 Å². The number of aromatic nitrogens is 1. The van der Waals surface area contributed by atoms with Gasteiger partial charge >= 0.3 is 12.6 Å². The Morgan fingerprint density at radius 3 is 2.82 bits per heavy atom. The Bertz CT molecular complexity index is 562. The Morgan fingerprint density at radius 1 is 1.45 bits per heavy atom. The molecule has 1 heterocycles. The van der Waals surface area contributed by atoms with Gasteiger partial charge in [0.25, 0.3) is 0 Å². The molecule has 0 unspecified atom stereocenters. The number of halogens is 2. The lowest BCUT2D eigenvalue weighted by atomic mass is 9.46. The first-order valence-corrected chi connectivity index (χ1v) is 6.95. The van der Waals surface area contributed by atoms with Gasteiger partial charge in [0.1, 0.15) is 0 Å². The summed E-state index contributed by atoms with van der Waals surface area (Å²) >= 11 is 0. The number of methoxy groups -OCH3 is 1. The van der Waals surface area contributed by atoms with Crippen molar-refractivity contribution in [2.45, 2.75) is 43.6 Å². The van der Waals surface area contributed by atoms with Crippen molar-refractivity contribution in [2.24, 2.45) is 0 Å². The Kier molecular flexibility index (Phi) is 3.64. The molecule has 2 N–H and O–H groups in total. The summed E-state index contributed by atoms with van der Waals surface area (Å²) in [7, 11) is 1.69. The molecule has 1 aromatic rings. The van der Waals surface area contributed by atoms with Crippen molar-refractivity contribution in [3.63, 3.8) is 0 Å². The third-order valence-corrected chi connectivity index (χ3v) is 4.26. The molecular weight excluding hydrogens is 296 g/mol. The summed E-state index contributed by atoms with van der Waals surface area (Å²) in [6, 6.07) is 2.71. The molecule has 0 atom stereocenters. The van der Waals surface area contributed by atoms with Crippen LogP contribution in [0.1, 0.15) is 24.8 Å². The smallest absolute Gasteiger partial charge is 0.388 e. The molecule has 8 heteroatoms. The summed E-state index contributed by atoms with van der Waals surface area (Å²) in [5.41, 5.74) is 0.467. The minimum absolute atomic E-state index is 0.0279. The van der Waals surface area contributed by atoms with Crippen LogP contribution in [0.4, 0.5) is 13.6 Å². The normalized spacial score (nSPS) is 28.5. The van der Waals surface area contributed by atoms with Crippen LogP contribution in [-0.2, 0) is 11.3 Å². The Hall–Kier alpha value is -1.96. The SMILES string of the molecule is COC12CC(NC(=O)NCc3ccnc(OC(F)F)c3)(C1)C2. The number of hydrogen-bond donors (Lipinski definition) is 2. The fraction of sp³-hybridized carbons (Fsp3) is 0.571. The second kappa shape index (κ2) is 5.35. The zero-order chi connectivity index (χ0) is 15.8. The van der Waals surface area contributed by atoms with E-state index < -0.39 is 6.61 Å². The maximum absolute atomic E-state index is 12.1. The van der Waals surface area contributed by atoms with E-state index in [9.17, 15) is 13.6 Å². The largest absolute Gasteiger partial charge is 0.417 e. The molecule has 0 saturated heterocycles. The van der Waals surface area contributed by atoms with Gasteiger partial charge in [-0.1, -0.05) is 0 Å². The lowest BCUT2D eigenvalue weighted by Crippen LogP contribution is -2.79. The summed E-state index contributed by atoms with van der Waals surface area (Å²) in [5.74, 6) is -0.170. The van der Waals surface area contributed by atoms with Crippen molar-refractivity contribution in [1.29, 1.82) is 0 Å². The van der Waals surface area contributed by atoms with Crippen molar-refractivity contribution in [1.82, 2.24) is 15.6 Å². The van der Waals surface area contributed by atoms with Crippen molar-refractivity contribution < 1.29 is 23.0 Å². The van der Waals surface area contributed by atoms with Crippen molar-refractivity contribution >= 4 is 6.03 Å². The van der Waals surface area contributed by atoms with Gasteiger partial charge in [0.15, 0.2) is 0 Å². The van der Waals surface area contributed by atoms with E-state index in [1.54, 1.807) is 13.2 Å². The summed E-state index contributed by atoms with van der Waals surface area (Å²) in [6.45, 7) is -2.71. The van der Waals surface area contributed by atoms with Crippen LogP contribution in [0.2, 0.25) is 0 Å². The summed E-state index contributed by atoms with van der Waals surface area (Å²) in [6.07, 6.45) is 3.87. The first-order valence-electron chi connectivity index (χ1n) is 6.95. The monoisotopic (exact) mass is 313 g/mol. The van der Waals surface area contributed by atoms with Gasteiger partial charge in [-0.15, -0.1) is 0 Å². The maximum Gasteiger partial charge on any atom is 0.388 e. The second-order valence-electron chi connectivity index (χ2n) is 5.89. The van der Waals surface area contributed by atoms with Gasteiger partial charge in [-0.05, 0) is 30.9 Å². The van der Waals surface area contributed by atoms with Crippen LogP contribution in [0.25, 0.3) is 0 Å². The van der Waals surface area contributed by atoms with Crippen LogP contribution >= 0.6 is 0 Å². The van der Waals surface area contributed by atoms with E-state index in [1.807, 2.05) is 0 Å². The third-order valence-electron chi connectivity index (χ3n) is 4.26. The number of carbonyl (C=O) groups excluding carboxylic acids is 1. The first kappa shape index (κ1) is 15.0. The average Bonchev–Trinajstić information content (AvgIpc) is 2.38. The molecule has 120 valence electrons. The molecule has 3 aliphatic rings. The molecule has 3 saturated carbocycles. The molecule has 0 radical (unpaired) electrons. The fourth-order valence-electron chi connectivity index (χ4n) is 3.23. The molecule has 0 spiro atoms. The summed E-state index contributed by atoms with van der Waals surface area (Å²) < 4.78 is 33.8. The van der Waals surface area contributed by atoms with Gasteiger partial charge in [0.05, 0.1) is 11.1 Å². The highest BCUT2D eigenvalue weighted by Crippen LogP contribution is 2.62. The number of nitrogens with zero attached hydrogens (tertiary/aromatic N) is 1. The van der Waals surface area contributed by atoms with Crippen molar-refractivity contribution in [3.05, 3.63) is 23.9 Å². The Balaban J connectivity index is 1.46. The molecular formula is C14H17F2N3O3. The third kappa shape index (κ3) is 2.83. The summed E-state index contributed by atoms with van der Waals surface area (Å²) in [4.78, 5) is 15.5. The molecule has 0 aliphatic heterocycles. The van der Waals surface area contributed by atoms with Gasteiger partial charge in [-0.3, -0.25) is 0 Å². The number of carbonyl (C=O) groups is 1. The average molecular weight is 313 g/mol. The van der Waals surface area contributed by atoms with Gasteiger partial charge in [0, 0.05) is 25.9 Å². The number of hydrogen-bond acceptors (Lipinski definition) is 4. The lowest BCUT2D eigenvalue weighted by molar-refractivity contribution is -0.233. The van der Waals surface area contributed by atoms with Gasteiger partial charge < -0.3 is 20.1 Å². The van der Waals surface area contributed by atoms with Crippen LogP contribution in [0.15, 0.2) is 18.3 Å². The highest BCUT2D eigenvalue weighted by Gasteiger charge is 2.69. The minimum Gasteiger partial charge on any atom is -0.417 e. The molecule has 1 aromatic heterocycles. The predicted octanol–water partition coefficient (Wildman–Crippen LogP) is 1.80. The number of nitrogens with one attached hydrogen (secondary N) is 2. The van der Waals surface area contributed by atoms with E-state index in [1.165, 1.54) is 12.3 Å². The van der Waals surface area contributed by atoms with E-state index in [0.717, 1.165) is 19.3 Å². The number of rotatable bonds is 6. The van der Waals surface area contributed by atoms with Crippen LogP contribution in [0, 0.1) is 0 Å². The first-order chi connectivity index (χ1) is 10.4. The summed E-state index contributed by atoms with van der Waals surface area (Å²) in [5, 5.41) is 5.64. The van der Waals surface area contributed by atoms with E-state index in [2.05, 4.69) is 20.4 Å². The molecule has 0 aromatic carbocycles. The second-order valence-corrected chi connectivity index (χ2v) is 5.89. The van der Waals surface area contributed by atoms with Crippen LogP contribution in [0.3, 0.4) is 0 Å². The standard InChI is InChI=1S/C14H17F2N3O3/c1-21-14-6-13(7-14,8-14)19-12(20)18-5-9-2-3-17-10(4-9)22-11(15)16/h2-4,11H,5-8H2,1H3,(H2,18,19,20). The van der Waals surface area contributed by atoms with E-state index >= 15 is 0 Å². The van der Waals surface area contributed by atoms with Crippen LogP contribution < -0.4 is 15.4 Å². The van der Waals surface area contributed by atoms with Crippen LogP contribution in [0.5, 0.6) is 5.88 Å². The van der Waals surface area contributed by atoms with E-state index in [0.29, 0.717) is 5.56 Å². The van der Waals surface area contributed by atoms with Gasteiger partial charge in [0.2, 0.25) is 5.88 Å². The quantitative estimate of drug-likeness (QED) is 0.840. The zero-order valence-electron chi connectivity index (χ0n) is 12.1. The molecule has 3 fully saturated rings. The number of pyridine rings is 1. The number of ether oxygens (including phenoxy) is 2.